The van der Waals surface area contributed by atoms with E-state index >= 15 is 0 Å². The minimum Gasteiger partial charge on any atom is -0.362 e. The summed E-state index contributed by atoms with van der Waals surface area (Å²) in [4.78, 5) is 8.21. The van der Waals surface area contributed by atoms with E-state index in [1.54, 1.807) is 11.3 Å². The average Bonchev–Trinajstić information content (AvgIpc) is 2.89. The van der Waals surface area contributed by atoms with Crippen molar-refractivity contribution in [2.75, 3.05) is 18.9 Å². The van der Waals surface area contributed by atoms with Gasteiger partial charge in [-0.2, -0.15) is 0 Å². The highest BCUT2D eigenvalue weighted by Crippen LogP contribution is 2.25. The molecule has 0 bridgehead atoms. The predicted octanol–water partition coefficient (Wildman–Crippen LogP) is 2.95. The Morgan fingerprint density at radius 1 is 1.50 bits per heavy atom. The van der Waals surface area contributed by atoms with Gasteiger partial charge >= 0.3 is 0 Å². The van der Waals surface area contributed by atoms with Crippen LogP contribution < -0.4 is 5.32 Å². The summed E-state index contributed by atoms with van der Waals surface area (Å²) in [5, 5.41) is 4.31. The molecule has 3 nitrogen and oxygen atoms in total. The van der Waals surface area contributed by atoms with E-state index < -0.39 is 0 Å². The molecule has 0 radical (unpaired) electrons. The van der Waals surface area contributed by atoms with Gasteiger partial charge in [0.2, 0.25) is 0 Å². The second kappa shape index (κ2) is 5.64. The maximum absolute atomic E-state index is 4.37. The highest BCUT2D eigenvalue weighted by atomic mass is 32.1. The predicted molar refractivity (Wildman–Crippen MR) is 70.0 cm³/mol. The van der Waals surface area contributed by atoms with Gasteiger partial charge < -0.3 is 5.32 Å². The van der Waals surface area contributed by atoms with Crippen LogP contribution in [0.1, 0.15) is 37.5 Å². The fourth-order valence-corrected chi connectivity index (χ4v) is 3.28. The van der Waals surface area contributed by atoms with Gasteiger partial charge in [0.05, 0.1) is 0 Å². The Bertz CT molecular complexity index is 318. The van der Waals surface area contributed by atoms with Crippen LogP contribution in [0, 0.1) is 0 Å². The SMILES string of the molecule is CCNc1ncc(CN(C)C2CCCC2)s1. The van der Waals surface area contributed by atoms with E-state index in [4.69, 9.17) is 0 Å². The normalized spacial score (nSPS) is 17.2. The molecule has 1 aliphatic rings. The van der Waals surface area contributed by atoms with Crippen LogP contribution in [-0.4, -0.2) is 29.5 Å². The van der Waals surface area contributed by atoms with Crippen molar-refractivity contribution in [3.63, 3.8) is 0 Å². The van der Waals surface area contributed by atoms with Crippen LogP contribution in [0.15, 0.2) is 6.20 Å². The molecule has 2 rings (SSSR count). The monoisotopic (exact) mass is 239 g/mol. The van der Waals surface area contributed by atoms with Gasteiger partial charge in [-0.05, 0) is 26.8 Å². The molecule has 0 aliphatic heterocycles. The molecule has 90 valence electrons. The van der Waals surface area contributed by atoms with Gasteiger partial charge in [-0.15, -0.1) is 11.3 Å². The second-order valence-corrected chi connectivity index (χ2v) is 5.63. The number of thiazole rings is 1. The topological polar surface area (TPSA) is 28.2 Å². The van der Waals surface area contributed by atoms with E-state index in [1.807, 2.05) is 6.20 Å². The van der Waals surface area contributed by atoms with Crippen molar-refractivity contribution < 1.29 is 0 Å². The lowest BCUT2D eigenvalue weighted by molar-refractivity contribution is 0.239. The van der Waals surface area contributed by atoms with Crippen LogP contribution in [0.2, 0.25) is 0 Å². The van der Waals surface area contributed by atoms with Crippen molar-refractivity contribution in [1.29, 1.82) is 0 Å². The summed E-state index contributed by atoms with van der Waals surface area (Å²) in [7, 11) is 2.24. The maximum Gasteiger partial charge on any atom is 0.182 e. The van der Waals surface area contributed by atoms with E-state index in [0.29, 0.717) is 0 Å². The molecule has 4 heteroatoms. The molecule has 16 heavy (non-hydrogen) atoms. The number of nitrogens with zero attached hydrogens (tertiary/aromatic N) is 2. The lowest BCUT2D eigenvalue weighted by Crippen LogP contribution is -2.28. The van der Waals surface area contributed by atoms with Crippen LogP contribution >= 0.6 is 11.3 Å². The number of aromatic nitrogens is 1. The highest BCUT2D eigenvalue weighted by Gasteiger charge is 2.19. The Hall–Kier alpha value is -0.610. The Labute approximate surface area is 102 Å². The summed E-state index contributed by atoms with van der Waals surface area (Å²) in [6.45, 7) is 4.10. The zero-order valence-electron chi connectivity index (χ0n) is 10.2. The van der Waals surface area contributed by atoms with Crippen molar-refractivity contribution in [3.05, 3.63) is 11.1 Å². The largest absolute Gasteiger partial charge is 0.362 e. The molecule has 1 heterocycles. The lowest BCUT2D eigenvalue weighted by Gasteiger charge is -2.22. The Kier molecular flexibility index (Phi) is 4.18. The summed E-state index contributed by atoms with van der Waals surface area (Å²) in [6, 6.07) is 0.796. The summed E-state index contributed by atoms with van der Waals surface area (Å²) in [5.41, 5.74) is 0. The quantitative estimate of drug-likeness (QED) is 0.856. The smallest absolute Gasteiger partial charge is 0.182 e. The Balaban J connectivity index is 1.87. The molecular weight excluding hydrogens is 218 g/mol. The third-order valence-corrected chi connectivity index (χ3v) is 4.17. The van der Waals surface area contributed by atoms with Gasteiger partial charge in [0.1, 0.15) is 0 Å². The number of anilines is 1. The van der Waals surface area contributed by atoms with Crippen molar-refractivity contribution >= 4 is 16.5 Å². The lowest BCUT2D eigenvalue weighted by atomic mass is 10.2. The number of nitrogens with one attached hydrogen (secondary N) is 1. The molecule has 1 fully saturated rings. The van der Waals surface area contributed by atoms with Gasteiger partial charge in [-0.25, -0.2) is 4.98 Å². The summed E-state index contributed by atoms with van der Waals surface area (Å²) in [5.74, 6) is 0. The van der Waals surface area contributed by atoms with Gasteiger partial charge in [0, 0.05) is 30.2 Å². The first kappa shape index (κ1) is 11.9. The molecule has 1 N–H and O–H groups in total. The first-order valence-electron chi connectivity index (χ1n) is 6.18. The molecular formula is C12H21N3S. The molecule has 0 atom stereocenters. The first-order valence-corrected chi connectivity index (χ1v) is 7.00. The molecule has 1 aromatic rings. The number of hydrogen-bond acceptors (Lipinski definition) is 4. The highest BCUT2D eigenvalue weighted by molar-refractivity contribution is 7.15. The fraction of sp³-hybridized carbons (Fsp3) is 0.750. The number of hydrogen-bond donors (Lipinski definition) is 1. The summed E-state index contributed by atoms with van der Waals surface area (Å²) >= 11 is 1.78. The fourth-order valence-electron chi connectivity index (χ4n) is 2.33. The second-order valence-electron chi connectivity index (χ2n) is 4.52. The van der Waals surface area contributed by atoms with E-state index in [-0.39, 0.29) is 0 Å². The summed E-state index contributed by atoms with van der Waals surface area (Å²) < 4.78 is 0. The van der Waals surface area contributed by atoms with Gasteiger partial charge in [0.25, 0.3) is 0 Å². The van der Waals surface area contributed by atoms with Gasteiger partial charge in [0.15, 0.2) is 5.13 Å². The molecule has 0 unspecified atom stereocenters. The third kappa shape index (κ3) is 2.95. The zero-order valence-corrected chi connectivity index (χ0v) is 11.0. The zero-order chi connectivity index (χ0) is 11.4. The standard InChI is InChI=1S/C12H21N3S/c1-3-13-12-14-8-11(16-12)9-15(2)10-6-4-5-7-10/h8,10H,3-7,9H2,1-2H3,(H,13,14). The third-order valence-electron chi connectivity index (χ3n) is 3.23. The molecule has 0 spiro atoms. The maximum atomic E-state index is 4.37. The molecule has 1 aliphatic carbocycles. The molecule has 1 saturated carbocycles. The minimum absolute atomic E-state index is 0.796. The Morgan fingerprint density at radius 2 is 2.25 bits per heavy atom. The van der Waals surface area contributed by atoms with E-state index in [9.17, 15) is 0 Å². The van der Waals surface area contributed by atoms with Crippen LogP contribution in [-0.2, 0) is 6.54 Å². The van der Waals surface area contributed by atoms with Gasteiger partial charge in [-0.1, -0.05) is 12.8 Å². The van der Waals surface area contributed by atoms with Crippen molar-refractivity contribution in [2.45, 2.75) is 45.2 Å². The van der Waals surface area contributed by atoms with Crippen LogP contribution in [0.25, 0.3) is 0 Å². The van der Waals surface area contributed by atoms with Crippen molar-refractivity contribution in [1.82, 2.24) is 9.88 Å². The molecule has 0 aromatic carbocycles. The van der Waals surface area contributed by atoms with E-state index in [0.717, 1.165) is 24.3 Å². The Morgan fingerprint density at radius 3 is 2.94 bits per heavy atom. The average molecular weight is 239 g/mol. The van der Waals surface area contributed by atoms with Crippen LogP contribution in [0.4, 0.5) is 5.13 Å². The van der Waals surface area contributed by atoms with Crippen molar-refractivity contribution in [3.8, 4) is 0 Å². The molecule has 1 aromatic heterocycles. The summed E-state index contributed by atoms with van der Waals surface area (Å²) in [6.07, 6.45) is 7.56. The minimum atomic E-state index is 0.796. The number of rotatable bonds is 5. The van der Waals surface area contributed by atoms with E-state index in [2.05, 4.69) is 29.2 Å². The molecule has 0 saturated heterocycles. The molecule has 0 amide bonds. The van der Waals surface area contributed by atoms with Crippen molar-refractivity contribution in [2.24, 2.45) is 0 Å². The van der Waals surface area contributed by atoms with Gasteiger partial charge in [-0.3, -0.25) is 4.90 Å². The van der Waals surface area contributed by atoms with Crippen LogP contribution in [0.5, 0.6) is 0 Å². The van der Waals surface area contributed by atoms with Crippen LogP contribution in [0.3, 0.4) is 0 Å². The van der Waals surface area contributed by atoms with E-state index in [1.165, 1.54) is 30.6 Å². The first-order chi connectivity index (χ1) is 7.79.